The van der Waals surface area contributed by atoms with Gasteiger partial charge in [-0.25, -0.2) is 4.79 Å². The van der Waals surface area contributed by atoms with Crippen LogP contribution in [-0.2, 0) is 16.2 Å². The van der Waals surface area contributed by atoms with Crippen molar-refractivity contribution < 1.29 is 9.63 Å². The van der Waals surface area contributed by atoms with Crippen LogP contribution in [0, 0.1) is 11.3 Å². The lowest BCUT2D eigenvalue weighted by Crippen LogP contribution is -2.46. The first-order valence-electron chi connectivity index (χ1n) is 7.54. The maximum absolute atomic E-state index is 10.4. The van der Waals surface area contributed by atoms with Crippen LogP contribution in [0.5, 0.6) is 0 Å². The van der Waals surface area contributed by atoms with Crippen LogP contribution in [0.4, 0.5) is 0 Å². The standard InChI is InChI=1S/C16H22N4O2/c17-8-6-13-7-9-20(15(10-13)16(18)19-12-21)22-11-14-4-2-1-3-5-14/h1-5,13,15,18H,6-11,17H2. The molecule has 1 fully saturated rings. The summed E-state index contributed by atoms with van der Waals surface area (Å²) >= 11 is 0. The third-order valence-corrected chi connectivity index (χ3v) is 3.96. The fourth-order valence-corrected chi connectivity index (χ4v) is 2.77. The van der Waals surface area contributed by atoms with Crippen LogP contribution < -0.4 is 5.73 Å². The summed E-state index contributed by atoms with van der Waals surface area (Å²) in [6.45, 7) is 1.78. The fourth-order valence-electron chi connectivity index (χ4n) is 2.77. The molecule has 1 aliphatic rings. The van der Waals surface area contributed by atoms with Crippen LogP contribution in [0.1, 0.15) is 24.8 Å². The van der Waals surface area contributed by atoms with Crippen LogP contribution in [0.3, 0.4) is 0 Å². The molecule has 118 valence electrons. The van der Waals surface area contributed by atoms with E-state index in [2.05, 4.69) is 4.99 Å². The summed E-state index contributed by atoms with van der Waals surface area (Å²) in [5.41, 5.74) is 6.69. The molecule has 2 unspecified atom stereocenters. The number of carbonyl (C=O) groups excluding carboxylic acids is 1. The molecule has 22 heavy (non-hydrogen) atoms. The maximum Gasteiger partial charge on any atom is 0.241 e. The molecule has 1 aromatic rings. The van der Waals surface area contributed by atoms with E-state index in [0.717, 1.165) is 24.8 Å². The van der Waals surface area contributed by atoms with Crippen LogP contribution in [0.25, 0.3) is 0 Å². The average molecular weight is 302 g/mol. The van der Waals surface area contributed by atoms with Crippen molar-refractivity contribution in [1.82, 2.24) is 5.06 Å². The van der Waals surface area contributed by atoms with E-state index in [0.29, 0.717) is 25.6 Å². The van der Waals surface area contributed by atoms with Gasteiger partial charge in [-0.15, -0.1) is 0 Å². The molecule has 0 radical (unpaired) electrons. The smallest absolute Gasteiger partial charge is 0.241 e. The Bertz CT molecular complexity index is 528. The second kappa shape index (κ2) is 8.56. The highest BCUT2D eigenvalue weighted by Gasteiger charge is 2.32. The summed E-state index contributed by atoms with van der Waals surface area (Å²) in [6, 6.07) is 9.55. The molecule has 0 aromatic heterocycles. The number of hydroxylamine groups is 2. The van der Waals surface area contributed by atoms with Gasteiger partial charge in [0.15, 0.2) is 5.84 Å². The quantitative estimate of drug-likeness (QED) is 0.476. The summed E-state index contributed by atoms with van der Waals surface area (Å²) < 4.78 is 0. The number of isocyanates is 1. The van der Waals surface area contributed by atoms with E-state index in [9.17, 15) is 4.79 Å². The predicted molar refractivity (Wildman–Crippen MR) is 84.0 cm³/mol. The van der Waals surface area contributed by atoms with Gasteiger partial charge in [0, 0.05) is 6.54 Å². The van der Waals surface area contributed by atoms with E-state index < -0.39 is 0 Å². The highest BCUT2D eigenvalue weighted by molar-refractivity contribution is 5.88. The second-order valence-corrected chi connectivity index (χ2v) is 5.47. The number of aliphatic imine (C=N–C) groups is 1. The number of hydrogen-bond donors (Lipinski definition) is 2. The van der Waals surface area contributed by atoms with Gasteiger partial charge >= 0.3 is 0 Å². The van der Waals surface area contributed by atoms with Gasteiger partial charge in [0.25, 0.3) is 0 Å². The van der Waals surface area contributed by atoms with E-state index in [-0.39, 0.29) is 11.9 Å². The minimum absolute atomic E-state index is 0.00443. The van der Waals surface area contributed by atoms with Crippen molar-refractivity contribution in [3.05, 3.63) is 35.9 Å². The zero-order valence-corrected chi connectivity index (χ0v) is 12.6. The highest BCUT2D eigenvalue weighted by Crippen LogP contribution is 2.26. The molecule has 0 aliphatic carbocycles. The summed E-state index contributed by atoms with van der Waals surface area (Å²) in [6.07, 6.45) is 4.07. The predicted octanol–water partition coefficient (Wildman–Crippen LogP) is 1.86. The normalized spacial score (nSPS) is 22.0. The summed E-state index contributed by atoms with van der Waals surface area (Å²) in [7, 11) is 0. The number of rotatable bonds is 6. The Morgan fingerprint density at radius 3 is 2.91 bits per heavy atom. The molecule has 1 aliphatic heterocycles. The lowest BCUT2D eigenvalue weighted by molar-refractivity contribution is -0.198. The Morgan fingerprint density at radius 1 is 1.45 bits per heavy atom. The molecule has 1 aromatic carbocycles. The average Bonchev–Trinajstić information content (AvgIpc) is 2.55. The minimum atomic E-state index is -0.310. The number of nitrogens with two attached hydrogens (primary N) is 1. The lowest BCUT2D eigenvalue weighted by Gasteiger charge is -2.37. The zero-order chi connectivity index (χ0) is 15.8. The molecule has 0 saturated carbocycles. The molecular formula is C16H22N4O2. The van der Waals surface area contributed by atoms with Gasteiger partial charge in [-0.3, -0.25) is 10.2 Å². The zero-order valence-electron chi connectivity index (χ0n) is 12.6. The Kier molecular flexibility index (Phi) is 6.43. The number of nitrogens with zero attached hydrogens (tertiary/aromatic N) is 2. The van der Waals surface area contributed by atoms with Crippen LogP contribution in [0.2, 0.25) is 0 Å². The number of hydrogen-bond acceptors (Lipinski definition) is 5. The SMILES string of the molecule is N=C(N=C=O)C1CC(CCN)CCN1OCc1ccccc1. The summed E-state index contributed by atoms with van der Waals surface area (Å²) in [4.78, 5) is 19.8. The molecule has 6 nitrogen and oxygen atoms in total. The van der Waals surface area contributed by atoms with Crippen molar-refractivity contribution >= 4 is 11.9 Å². The van der Waals surface area contributed by atoms with Gasteiger partial charge in [0.2, 0.25) is 6.08 Å². The monoisotopic (exact) mass is 302 g/mol. The molecular weight excluding hydrogens is 280 g/mol. The van der Waals surface area contributed by atoms with Crippen molar-refractivity contribution in [1.29, 1.82) is 5.41 Å². The van der Waals surface area contributed by atoms with E-state index in [1.165, 1.54) is 6.08 Å². The van der Waals surface area contributed by atoms with Crippen molar-refractivity contribution in [2.75, 3.05) is 13.1 Å². The van der Waals surface area contributed by atoms with Crippen LogP contribution in [0.15, 0.2) is 35.3 Å². The highest BCUT2D eigenvalue weighted by atomic mass is 16.7. The lowest BCUT2D eigenvalue weighted by atomic mass is 9.89. The number of nitrogens with one attached hydrogen (secondary N) is 1. The molecule has 0 spiro atoms. The maximum atomic E-state index is 10.4. The van der Waals surface area contributed by atoms with Gasteiger partial charge < -0.3 is 5.73 Å². The molecule has 2 atom stereocenters. The minimum Gasteiger partial charge on any atom is -0.330 e. The molecule has 3 N–H and O–H groups in total. The third kappa shape index (κ3) is 4.58. The first-order valence-corrected chi connectivity index (χ1v) is 7.54. The van der Waals surface area contributed by atoms with Crippen molar-refractivity contribution in [3.63, 3.8) is 0 Å². The Balaban J connectivity index is 2.00. The summed E-state index contributed by atoms with van der Waals surface area (Å²) in [5, 5.41) is 9.70. The van der Waals surface area contributed by atoms with Crippen LogP contribution in [-0.4, -0.2) is 36.1 Å². The molecule has 0 bridgehead atoms. The van der Waals surface area contributed by atoms with Gasteiger partial charge in [0.1, 0.15) is 0 Å². The first kappa shape index (κ1) is 16.5. The van der Waals surface area contributed by atoms with E-state index >= 15 is 0 Å². The molecule has 6 heteroatoms. The third-order valence-electron chi connectivity index (χ3n) is 3.96. The Morgan fingerprint density at radius 2 is 2.23 bits per heavy atom. The topological polar surface area (TPSA) is 91.8 Å². The Labute approximate surface area is 130 Å². The van der Waals surface area contributed by atoms with Crippen LogP contribution >= 0.6 is 0 Å². The molecule has 0 amide bonds. The number of amidine groups is 1. The van der Waals surface area contributed by atoms with E-state index in [1.807, 2.05) is 30.3 Å². The second-order valence-electron chi connectivity index (χ2n) is 5.47. The summed E-state index contributed by atoms with van der Waals surface area (Å²) in [5.74, 6) is 0.443. The van der Waals surface area contributed by atoms with Crippen molar-refractivity contribution in [3.8, 4) is 0 Å². The molecule has 1 saturated heterocycles. The van der Waals surface area contributed by atoms with Gasteiger partial charge in [0.05, 0.1) is 12.6 Å². The number of benzene rings is 1. The van der Waals surface area contributed by atoms with Gasteiger partial charge in [-0.1, -0.05) is 30.3 Å². The fraction of sp³-hybridized carbons (Fsp3) is 0.500. The largest absolute Gasteiger partial charge is 0.330 e. The van der Waals surface area contributed by atoms with E-state index in [4.69, 9.17) is 16.0 Å². The van der Waals surface area contributed by atoms with E-state index in [1.54, 1.807) is 5.06 Å². The van der Waals surface area contributed by atoms with Crippen molar-refractivity contribution in [2.24, 2.45) is 16.6 Å². The Hall–Kier alpha value is -1.85. The number of piperidine rings is 1. The van der Waals surface area contributed by atoms with Crippen molar-refractivity contribution in [2.45, 2.75) is 31.9 Å². The first-order chi connectivity index (χ1) is 10.7. The molecule has 1 heterocycles. The van der Waals surface area contributed by atoms with Gasteiger partial charge in [-0.05, 0) is 37.3 Å². The molecule has 2 rings (SSSR count). The van der Waals surface area contributed by atoms with Gasteiger partial charge in [-0.2, -0.15) is 10.1 Å².